The number of rotatable bonds is 9. The van der Waals surface area contributed by atoms with Crippen LogP contribution in [0.4, 0.5) is 4.39 Å². The number of esters is 1. The average Bonchev–Trinajstić information content (AvgIpc) is 3.35. The standard InChI is InChI=1S/C22H18FN3O5S2/c23-17-7-5-16(6-8-17)22(19-2-1-11-32-19)26-20(27)14-31-21(28)13-25-33(29,30)18-9-3-15(12-24)4-10-18/h1-11,22,25H,13-14H2,(H,26,27). The van der Waals surface area contributed by atoms with Gasteiger partial charge in [0.15, 0.2) is 6.61 Å². The topological polar surface area (TPSA) is 125 Å². The summed E-state index contributed by atoms with van der Waals surface area (Å²) in [4.78, 5) is 25.0. The van der Waals surface area contributed by atoms with Gasteiger partial charge in [-0.2, -0.15) is 9.98 Å². The van der Waals surface area contributed by atoms with Crippen molar-refractivity contribution in [2.45, 2.75) is 10.9 Å². The lowest BCUT2D eigenvalue weighted by Gasteiger charge is -2.18. The number of benzene rings is 2. The molecule has 0 aliphatic rings. The highest BCUT2D eigenvalue weighted by molar-refractivity contribution is 7.89. The maximum atomic E-state index is 13.3. The molecule has 3 aromatic rings. The van der Waals surface area contributed by atoms with Crippen LogP contribution in [0, 0.1) is 17.1 Å². The Morgan fingerprint density at radius 2 is 1.79 bits per heavy atom. The molecule has 1 heterocycles. The summed E-state index contributed by atoms with van der Waals surface area (Å²) in [6.45, 7) is -1.30. The molecular weight excluding hydrogens is 469 g/mol. The minimum Gasteiger partial charge on any atom is -0.455 e. The first-order chi connectivity index (χ1) is 15.8. The summed E-state index contributed by atoms with van der Waals surface area (Å²) in [7, 11) is -4.00. The second kappa shape index (κ2) is 10.8. The van der Waals surface area contributed by atoms with Crippen LogP contribution in [-0.4, -0.2) is 33.4 Å². The molecule has 3 rings (SSSR count). The number of halogens is 1. The van der Waals surface area contributed by atoms with E-state index in [1.165, 1.54) is 47.7 Å². The Kier molecular flexibility index (Phi) is 7.89. The molecule has 33 heavy (non-hydrogen) atoms. The second-order valence-electron chi connectivity index (χ2n) is 6.69. The maximum absolute atomic E-state index is 13.3. The summed E-state index contributed by atoms with van der Waals surface area (Å²) in [6, 6.07) is 15.7. The molecule has 0 spiro atoms. The molecule has 170 valence electrons. The molecule has 0 aliphatic heterocycles. The number of nitrogens with one attached hydrogen (secondary N) is 2. The van der Waals surface area contributed by atoms with Gasteiger partial charge in [-0.25, -0.2) is 12.8 Å². The van der Waals surface area contributed by atoms with E-state index < -0.39 is 46.9 Å². The molecule has 2 aromatic carbocycles. The lowest BCUT2D eigenvalue weighted by atomic mass is 10.1. The van der Waals surface area contributed by atoms with Gasteiger partial charge in [-0.3, -0.25) is 9.59 Å². The van der Waals surface area contributed by atoms with Gasteiger partial charge >= 0.3 is 5.97 Å². The number of carbonyl (C=O) groups is 2. The van der Waals surface area contributed by atoms with Gasteiger partial charge in [-0.05, 0) is 53.4 Å². The fraction of sp³-hybridized carbons (Fsp3) is 0.136. The van der Waals surface area contributed by atoms with Gasteiger partial charge in [0.1, 0.15) is 12.4 Å². The van der Waals surface area contributed by atoms with Gasteiger partial charge in [0.2, 0.25) is 10.0 Å². The van der Waals surface area contributed by atoms with Crippen LogP contribution in [-0.2, 0) is 24.3 Å². The van der Waals surface area contributed by atoms with Crippen molar-refractivity contribution in [3.63, 3.8) is 0 Å². The van der Waals surface area contributed by atoms with Gasteiger partial charge in [-0.15, -0.1) is 11.3 Å². The third kappa shape index (κ3) is 6.69. The minimum atomic E-state index is -4.00. The summed E-state index contributed by atoms with van der Waals surface area (Å²) in [5.41, 5.74) is 0.939. The van der Waals surface area contributed by atoms with E-state index in [0.717, 1.165) is 4.88 Å². The minimum absolute atomic E-state index is 0.120. The highest BCUT2D eigenvalue weighted by Gasteiger charge is 2.20. The van der Waals surface area contributed by atoms with Crippen molar-refractivity contribution < 1.29 is 27.1 Å². The first-order valence-corrected chi connectivity index (χ1v) is 11.9. The Bertz CT molecular complexity index is 1250. The van der Waals surface area contributed by atoms with E-state index in [0.29, 0.717) is 11.1 Å². The second-order valence-corrected chi connectivity index (χ2v) is 9.44. The zero-order valence-electron chi connectivity index (χ0n) is 17.0. The van der Waals surface area contributed by atoms with Crippen molar-refractivity contribution in [2.24, 2.45) is 0 Å². The molecule has 0 aliphatic carbocycles. The highest BCUT2D eigenvalue weighted by Crippen LogP contribution is 2.26. The normalized spacial score (nSPS) is 11.9. The summed E-state index contributed by atoms with van der Waals surface area (Å²) in [5.74, 6) is -1.97. The van der Waals surface area contributed by atoms with E-state index in [1.807, 2.05) is 23.6 Å². The van der Waals surface area contributed by atoms with Crippen LogP contribution in [0.15, 0.2) is 70.9 Å². The summed E-state index contributed by atoms with van der Waals surface area (Å²) >= 11 is 1.40. The fourth-order valence-corrected chi connectivity index (χ4v) is 4.55. The van der Waals surface area contributed by atoms with Crippen LogP contribution in [0.1, 0.15) is 22.0 Å². The molecule has 1 unspecified atom stereocenters. The van der Waals surface area contributed by atoms with Crippen molar-refractivity contribution >= 4 is 33.2 Å². The highest BCUT2D eigenvalue weighted by atomic mass is 32.2. The maximum Gasteiger partial charge on any atom is 0.321 e. The Labute approximate surface area is 193 Å². The van der Waals surface area contributed by atoms with Crippen LogP contribution in [0.5, 0.6) is 0 Å². The van der Waals surface area contributed by atoms with Gasteiger partial charge in [0.25, 0.3) is 5.91 Å². The van der Waals surface area contributed by atoms with Crippen LogP contribution in [0.2, 0.25) is 0 Å². The molecule has 8 nitrogen and oxygen atoms in total. The Hall–Kier alpha value is -3.59. The number of sulfonamides is 1. The van der Waals surface area contributed by atoms with E-state index >= 15 is 0 Å². The predicted molar refractivity (Wildman–Crippen MR) is 118 cm³/mol. The first kappa shape index (κ1) is 24.1. The molecule has 0 bridgehead atoms. The van der Waals surface area contributed by atoms with E-state index in [-0.39, 0.29) is 4.90 Å². The molecule has 0 saturated carbocycles. The number of nitriles is 1. The van der Waals surface area contributed by atoms with Crippen molar-refractivity contribution in [1.82, 2.24) is 10.0 Å². The molecule has 11 heteroatoms. The van der Waals surface area contributed by atoms with Crippen molar-refractivity contribution in [3.8, 4) is 6.07 Å². The quantitative estimate of drug-likeness (QED) is 0.447. The van der Waals surface area contributed by atoms with E-state index in [1.54, 1.807) is 12.1 Å². The van der Waals surface area contributed by atoms with E-state index in [4.69, 9.17) is 10.00 Å². The summed E-state index contributed by atoms with van der Waals surface area (Å²) < 4.78 is 44.7. The SMILES string of the molecule is N#Cc1ccc(S(=O)(=O)NCC(=O)OCC(=O)NC(c2ccc(F)cc2)c2cccs2)cc1. The molecule has 2 N–H and O–H groups in total. The lowest BCUT2D eigenvalue weighted by Crippen LogP contribution is -2.35. The van der Waals surface area contributed by atoms with Gasteiger partial charge < -0.3 is 10.1 Å². The van der Waals surface area contributed by atoms with Gasteiger partial charge in [0, 0.05) is 4.88 Å². The number of amides is 1. The predicted octanol–water partition coefficient (Wildman–Crippen LogP) is 2.49. The molecule has 0 fully saturated rings. The van der Waals surface area contributed by atoms with Crippen LogP contribution < -0.4 is 10.0 Å². The fourth-order valence-electron chi connectivity index (χ4n) is 2.78. The zero-order valence-corrected chi connectivity index (χ0v) is 18.7. The molecule has 0 saturated heterocycles. The van der Waals surface area contributed by atoms with Crippen molar-refractivity contribution in [3.05, 3.63) is 87.9 Å². The van der Waals surface area contributed by atoms with Crippen molar-refractivity contribution in [1.29, 1.82) is 5.26 Å². The number of hydrogen-bond acceptors (Lipinski definition) is 7. The molecule has 1 aromatic heterocycles. The third-order valence-corrected chi connectivity index (χ3v) is 6.76. The van der Waals surface area contributed by atoms with Crippen LogP contribution in [0.3, 0.4) is 0 Å². The first-order valence-electron chi connectivity index (χ1n) is 9.52. The van der Waals surface area contributed by atoms with Crippen LogP contribution >= 0.6 is 11.3 Å². The van der Waals surface area contributed by atoms with E-state index in [9.17, 15) is 22.4 Å². The van der Waals surface area contributed by atoms with Gasteiger partial charge in [0.05, 0.1) is 22.6 Å². The van der Waals surface area contributed by atoms with Crippen molar-refractivity contribution in [2.75, 3.05) is 13.2 Å². The largest absolute Gasteiger partial charge is 0.455 e. The number of ether oxygens (including phenoxy) is 1. The van der Waals surface area contributed by atoms with Gasteiger partial charge in [-0.1, -0.05) is 18.2 Å². The van der Waals surface area contributed by atoms with E-state index in [2.05, 4.69) is 10.0 Å². The molecular formula is C22H18FN3O5S2. The number of thiophene rings is 1. The third-order valence-electron chi connectivity index (χ3n) is 4.40. The molecule has 0 radical (unpaired) electrons. The molecule has 1 atom stereocenters. The zero-order chi connectivity index (χ0) is 23.8. The monoisotopic (exact) mass is 487 g/mol. The number of nitrogens with zero attached hydrogens (tertiary/aromatic N) is 1. The number of carbonyl (C=O) groups excluding carboxylic acids is 2. The Morgan fingerprint density at radius 3 is 2.39 bits per heavy atom. The number of hydrogen-bond donors (Lipinski definition) is 2. The van der Waals surface area contributed by atoms with Crippen LogP contribution in [0.25, 0.3) is 0 Å². The lowest BCUT2D eigenvalue weighted by molar-refractivity contribution is -0.147. The smallest absolute Gasteiger partial charge is 0.321 e. The summed E-state index contributed by atoms with van der Waals surface area (Å²) in [6.07, 6.45) is 0. The Morgan fingerprint density at radius 1 is 1.09 bits per heavy atom. The Balaban J connectivity index is 1.54. The molecule has 1 amide bonds. The summed E-state index contributed by atoms with van der Waals surface area (Å²) in [5, 5.41) is 13.3. The average molecular weight is 488 g/mol.